The molecule has 1 aromatic heterocycles. The lowest BCUT2D eigenvalue weighted by atomic mass is 9.61. The van der Waals surface area contributed by atoms with Crippen LogP contribution in [0.15, 0.2) is 47.9 Å². The molecule has 1 aliphatic carbocycles. The zero-order valence-electron chi connectivity index (χ0n) is 21.4. The highest BCUT2D eigenvalue weighted by Gasteiger charge is 2.54. The van der Waals surface area contributed by atoms with Gasteiger partial charge < -0.3 is 20.1 Å². The van der Waals surface area contributed by atoms with Crippen molar-refractivity contribution in [2.45, 2.75) is 52.0 Å². The number of rotatable bonds is 10. The summed E-state index contributed by atoms with van der Waals surface area (Å²) in [5.41, 5.74) is 2.58. The Balaban J connectivity index is 1.51. The van der Waals surface area contributed by atoms with E-state index < -0.39 is 17.4 Å². The summed E-state index contributed by atoms with van der Waals surface area (Å²) in [7, 11) is 0. The zero-order valence-corrected chi connectivity index (χ0v) is 23.0. The van der Waals surface area contributed by atoms with E-state index in [-0.39, 0.29) is 34.0 Å². The van der Waals surface area contributed by atoms with Crippen molar-refractivity contribution in [1.82, 2.24) is 10.3 Å². The first-order valence-electron chi connectivity index (χ1n) is 12.8. The van der Waals surface area contributed by atoms with Crippen molar-refractivity contribution in [3.8, 4) is 0 Å². The molecule has 1 spiro atoms. The van der Waals surface area contributed by atoms with Crippen LogP contribution in [0.1, 0.15) is 55.5 Å². The Kier molecular flexibility index (Phi) is 9.07. The van der Waals surface area contributed by atoms with Crippen molar-refractivity contribution < 1.29 is 23.9 Å². The Bertz CT molecular complexity index is 1220. The highest BCUT2D eigenvalue weighted by molar-refractivity contribution is 6.40. The summed E-state index contributed by atoms with van der Waals surface area (Å²) in [5.74, 6) is -0.660. The maximum absolute atomic E-state index is 13.1. The smallest absolute Gasteiger partial charge is 0.328 e. The van der Waals surface area contributed by atoms with E-state index in [1.54, 1.807) is 19.1 Å². The number of aromatic nitrogens is 1. The maximum atomic E-state index is 13.1. The van der Waals surface area contributed by atoms with E-state index in [0.29, 0.717) is 44.6 Å². The van der Waals surface area contributed by atoms with Crippen LogP contribution in [0.3, 0.4) is 0 Å². The number of allylic oxidation sites excluding steroid dienone is 2. The molecule has 2 N–H and O–H groups in total. The minimum absolute atomic E-state index is 0.146. The van der Waals surface area contributed by atoms with E-state index in [9.17, 15) is 14.4 Å². The number of carbonyl (C=O) groups excluding carboxylic acids is 3. The predicted octanol–water partition coefficient (Wildman–Crippen LogP) is 5.14. The van der Waals surface area contributed by atoms with Gasteiger partial charge in [-0.2, -0.15) is 0 Å². The third kappa shape index (κ3) is 5.72. The predicted molar refractivity (Wildman–Crippen MR) is 145 cm³/mol. The van der Waals surface area contributed by atoms with Gasteiger partial charge in [0.25, 0.3) is 5.91 Å². The number of halogens is 2. The van der Waals surface area contributed by atoms with Crippen LogP contribution in [-0.4, -0.2) is 48.5 Å². The first-order chi connectivity index (χ1) is 18.3. The number of benzene rings is 1. The van der Waals surface area contributed by atoms with E-state index >= 15 is 0 Å². The zero-order chi connectivity index (χ0) is 27.3. The number of nitrogens with one attached hydrogen (secondary N) is 2. The normalized spacial score (nSPS) is 17.1. The van der Waals surface area contributed by atoms with Crippen molar-refractivity contribution in [1.29, 1.82) is 0 Å². The van der Waals surface area contributed by atoms with Gasteiger partial charge >= 0.3 is 5.97 Å². The number of pyridine rings is 1. The van der Waals surface area contributed by atoms with Crippen LogP contribution in [-0.2, 0) is 25.5 Å². The monoisotopic (exact) mass is 559 g/mol. The van der Waals surface area contributed by atoms with Crippen molar-refractivity contribution in [3.63, 3.8) is 0 Å². The summed E-state index contributed by atoms with van der Waals surface area (Å²) in [4.78, 5) is 42.6. The number of ketones is 1. The number of amides is 1. The average Bonchev–Trinajstić information content (AvgIpc) is 2.91. The van der Waals surface area contributed by atoms with Crippen molar-refractivity contribution in [2.24, 2.45) is 5.41 Å². The van der Waals surface area contributed by atoms with Gasteiger partial charge in [-0.3, -0.25) is 14.6 Å². The molecule has 2 heterocycles. The molecule has 1 fully saturated rings. The second-order valence-corrected chi connectivity index (χ2v) is 10.2. The van der Waals surface area contributed by atoms with E-state index in [0.717, 1.165) is 23.3 Å². The van der Waals surface area contributed by atoms with Gasteiger partial charge in [0.15, 0.2) is 5.78 Å². The lowest BCUT2D eigenvalue weighted by Crippen LogP contribution is -2.56. The molecule has 1 amide bonds. The van der Waals surface area contributed by atoms with E-state index in [2.05, 4.69) is 15.6 Å². The number of Topliss-reactive ketones (excluding diaryl/α,β-unsaturated/α-hetero) is 1. The topological polar surface area (TPSA) is 107 Å². The van der Waals surface area contributed by atoms with Gasteiger partial charge in [0.05, 0.1) is 27.6 Å². The number of nitrogens with zero attached hydrogens (tertiary/aromatic N) is 1. The number of hydrogen-bond acceptors (Lipinski definition) is 7. The fourth-order valence-corrected chi connectivity index (χ4v) is 5.58. The molecule has 2 aromatic rings. The van der Waals surface area contributed by atoms with E-state index in [1.165, 1.54) is 12.4 Å². The fourth-order valence-electron chi connectivity index (χ4n) is 5.05. The molecule has 0 unspecified atom stereocenters. The summed E-state index contributed by atoms with van der Waals surface area (Å²) in [6, 6.07) is 6.48. The molecule has 8 nitrogen and oxygen atoms in total. The highest BCUT2D eigenvalue weighted by atomic mass is 35.5. The summed E-state index contributed by atoms with van der Waals surface area (Å²) < 4.78 is 10.9. The number of esters is 1. The first kappa shape index (κ1) is 28.1. The Morgan fingerprint density at radius 1 is 1.11 bits per heavy atom. The van der Waals surface area contributed by atoms with Crippen LogP contribution in [0.2, 0.25) is 10.0 Å². The summed E-state index contributed by atoms with van der Waals surface area (Å²) >= 11 is 12.2. The Morgan fingerprint density at radius 3 is 2.37 bits per heavy atom. The molecular weight excluding hydrogens is 529 g/mol. The molecule has 4 rings (SSSR count). The second kappa shape index (κ2) is 12.3. The van der Waals surface area contributed by atoms with Gasteiger partial charge in [-0.05, 0) is 43.9 Å². The van der Waals surface area contributed by atoms with Gasteiger partial charge in [0.2, 0.25) is 0 Å². The standard InChI is InChI=1S/C28H31Cl2N3O5/c1-3-5-19-24(28(25(19)34)10-12-37-13-11-28)33-22(27(36)38-4-2)14-17-6-8-18(9-7-17)32-26(35)23-20(29)15-31-16-21(23)30/h6-9,15-16,22,33H,3-5,10-14H2,1-2H3,(H,32,35)/t22-/m0/s1. The maximum Gasteiger partial charge on any atom is 0.328 e. The second-order valence-electron chi connectivity index (χ2n) is 9.41. The van der Waals surface area contributed by atoms with Gasteiger partial charge in [0.1, 0.15) is 6.04 Å². The summed E-state index contributed by atoms with van der Waals surface area (Å²) in [6.45, 7) is 5.09. The molecule has 1 aromatic carbocycles. The van der Waals surface area contributed by atoms with Gasteiger partial charge in [-0.1, -0.05) is 48.7 Å². The molecule has 1 saturated heterocycles. The van der Waals surface area contributed by atoms with Crippen LogP contribution in [0.25, 0.3) is 0 Å². The fraction of sp³-hybridized carbons (Fsp3) is 0.429. The quantitative estimate of drug-likeness (QED) is 0.388. The Hall–Kier alpha value is -2.94. The molecule has 1 aliphatic heterocycles. The first-order valence-corrected chi connectivity index (χ1v) is 13.5. The van der Waals surface area contributed by atoms with Crippen LogP contribution in [0.5, 0.6) is 0 Å². The lowest BCUT2D eigenvalue weighted by molar-refractivity contribution is -0.146. The molecule has 1 atom stereocenters. The van der Waals surface area contributed by atoms with Crippen molar-refractivity contribution in [3.05, 3.63) is 69.1 Å². The third-order valence-corrected chi connectivity index (χ3v) is 7.53. The van der Waals surface area contributed by atoms with Gasteiger partial charge in [0, 0.05) is 49.0 Å². The Morgan fingerprint density at radius 2 is 1.76 bits per heavy atom. The van der Waals surface area contributed by atoms with Crippen LogP contribution < -0.4 is 10.6 Å². The number of ether oxygens (including phenoxy) is 2. The van der Waals surface area contributed by atoms with Crippen LogP contribution in [0, 0.1) is 5.41 Å². The van der Waals surface area contributed by atoms with Crippen molar-refractivity contribution in [2.75, 3.05) is 25.1 Å². The summed E-state index contributed by atoms with van der Waals surface area (Å²) in [5, 5.41) is 6.51. The molecule has 38 heavy (non-hydrogen) atoms. The van der Waals surface area contributed by atoms with Crippen LogP contribution >= 0.6 is 23.2 Å². The summed E-state index contributed by atoms with van der Waals surface area (Å²) in [6.07, 6.45) is 5.78. The van der Waals surface area contributed by atoms with Crippen LogP contribution in [0.4, 0.5) is 5.69 Å². The largest absolute Gasteiger partial charge is 0.464 e. The minimum Gasteiger partial charge on any atom is -0.464 e. The highest BCUT2D eigenvalue weighted by Crippen LogP contribution is 2.50. The van der Waals surface area contributed by atoms with Crippen molar-refractivity contribution >= 4 is 46.5 Å². The molecular formula is C28H31Cl2N3O5. The SMILES string of the molecule is CCCC1=C(N[C@@H](Cc2ccc(NC(=O)c3c(Cl)cncc3Cl)cc2)C(=O)OCC)C2(CCOCC2)C1=O. The number of anilines is 1. The van der Waals surface area contributed by atoms with E-state index in [1.807, 2.05) is 19.1 Å². The molecule has 10 heteroatoms. The Labute approximate surface area is 232 Å². The van der Waals surface area contributed by atoms with Gasteiger partial charge in [-0.15, -0.1) is 0 Å². The lowest BCUT2D eigenvalue weighted by Gasteiger charge is -2.47. The van der Waals surface area contributed by atoms with Gasteiger partial charge in [-0.25, -0.2) is 4.79 Å². The molecule has 0 bridgehead atoms. The molecule has 202 valence electrons. The minimum atomic E-state index is -0.667. The molecule has 0 radical (unpaired) electrons. The average molecular weight is 560 g/mol. The molecule has 2 aliphatic rings. The third-order valence-electron chi connectivity index (χ3n) is 6.96. The molecule has 0 saturated carbocycles. The number of hydrogen-bond donors (Lipinski definition) is 2. The number of carbonyl (C=O) groups is 3. The van der Waals surface area contributed by atoms with E-state index in [4.69, 9.17) is 32.7 Å².